The molecule has 4 heteroatoms. The molecule has 2 aliphatic heterocycles. The zero-order valence-electron chi connectivity index (χ0n) is 12.5. The highest BCUT2D eigenvalue weighted by molar-refractivity contribution is 5.78. The van der Waals surface area contributed by atoms with Gasteiger partial charge in [0.1, 0.15) is 0 Å². The third kappa shape index (κ3) is 4.18. The molecular formula is C15H29N3O. The molecule has 0 radical (unpaired) electrons. The van der Waals surface area contributed by atoms with Gasteiger partial charge in [-0.15, -0.1) is 0 Å². The van der Waals surface area contributed by atoms with E-state index >= 15 is 0 Å². The van der Waals surface area contributed by atoms with Crippen LogP contribution in [0.5, 0.6) is 0 Å². The molecule has 1 amide bonds. The highest BCUT2D eigenvalue weighted by atomic mass is 16.2. The Morgan fingerprint density at radius 3 is 2.79 bits per heavy atom. The monoisotopic (exact) mass is 267 g/mol. The van der Waals surface area contributed by atoms with Crippen LogP contribution in [0.15, 0.2) is 0 Å². The zero-order chi connectivity index (χ0) is 13.7. The predicted molar refractivity (Wildman–Crippen MR) is 78.1 cm³/mol. The van der Waals surface area contributed by atoms with E-state index in [-0.39, 0.29) is 5.91 Å². The number of hydrogen-bond acceptors (Lipinski definition) is 3. The fourth-order valence-electron chi connectivity index (χ4n) is 3.46. The molecule has 2 aliphatic rings. The minimum absolute atomic E-state index is 0.263. The van der Waals surface area contributed by atoms with Crippen LogP contribution >= 0.6 is 0 Å². The lowest BCUT2D eigenvalue weighted by Gasteiger charge is -2.39. The quantitative estimate of drug-likeness (QED) is 0.834. The van der Waals surface area contributed by atoms with E-state index in [0.29, 0.717) is 12.5 Å². The topological polar surface area (TPSA) is 35.6 Å². The summed E-state index contributed by atoms with van der Waals surface area (Å²) in [6.07, 6.45) is 6.53. The first kappa shape index (κ1) is 14.8. The van der Waals surface area contributed by atoms with Crippen LogP contribution in [0, 0.1) is 5.92 Å². The zero-order valence-corrected chi connectivity index (χ0v) is 12.5. The third-order valence-electron chi connectivity index (χ3n) is 4.63. The van der Waals surface area contributed by atoms with E-state index in [1.165, 1.54) is 45.2 Å². The SMILES string of the molecule is CNCC(=O)N1CCC[C@H](CN2CCCC[C@H]2C)C1. The van der Waals surface area contributed by atoms with Gasteiger partial charge in [-0.25, -0.2) is 0 Å². The van der Waals surface area contributed by atoms with Crippen molar-refractivity contribution in [2.24, 2.45) is 5.92 Å². The number of nitrogens with one attached hydrogen (secondary N) is 1. The average molecular weight is 267 g/mol. The lowest BCUT2D eigenvalue weighted by molar-refractivity contribution is -0.132. The molecule has 0 aliphatic carbocycles. The number of carbonyl (C=O) groups is 1. The first-order valence-electron chi connectivity index (χ1n) is 7.87. The van der Waals surface area contributed by atoms with Gasteiger partial charge in [0.05, 0.1) is 6.54 Å². The van der Waals surface area contributed by atoms with Crippen LogP contribution in [0.3, 0.4) is 0 Å². The Balaban J connectivity index is 1.81. The number of likely N-dealkylation sites (N-methyl/N-ethyl adjacent to an activating group) is 1. The molecule has 2 heterocycles. The molecule has 2 atom stereocenters. The van der Waals surface area contributed by atoms with E-state index in [9.17, 15) is 4.79 Å². The Bertz CT molecular complexity index is 295. The normalized spacial score (nSPS) is 29.5. The molecule has 0 unspecified atom stereocenters. The van der Waals surface area contributed by atoms with Crippen molar-refractivity contribution in [1.29, 1.82) is 0 Å². The Kier molecular flexibility index (Phi) is 5.64. The van der Waals surface area contributed by atoms with Gasteiger partial charge in [0.15, 0.2) is 0 Å². The number of rotatable bonds is 4. The van der Waals surface area contributed by atoms with Crippen LogP contribution in [0.25, 0.3) is 0 Å². The number of carbonyl (C=O) groups excluding carboxylic acids is 1. The van der Waals surface area contributed by atoms with Gasteiger partial charge in [-0.1, -0.05) is 6.42 Å². The van der Waals surface area contributed by atoms with Gasteiger partial charge < -0.3 is 15.1 Å². The van der Waals surface area contributed by atoms with E-state index in [0.717, 1.165) is 19.1 Å². The Morgan fingerprint density at radius 1 is 1.21 bits per heavy atom. The van der Waals surface area contributed by atoms with Crippen molar-refractivity contribution in [3.63, 3.8) is 0 Å². The first-order valence-corrected chi connectivity index (χ1v) is 7.87. The van der Waals surface area contributed by atoms with Gasteiger partial charge >= 0.3 is 0 Å². The number of likely N-dealkylation sites (tertiary alicyclic amines) is 2. The average Bonchev–Trinajstić information content (AvgIpc) is 2.42. The molecule has 19 heavy (non-hydrogen) atoms. The van der Waals surface area contributed by atoms with Gasteiger partial charge in [-0.05, 0) is 52.1 Å². The molecule has 0 saturated carbocycles. The number of hydrogen-bond donors (Lipinski definition) is 1. The number of piperidine rings is 2. The molecule has 1 N–H and O–H groups in total. The maximum absolute atomic E-state index is 12.0. The lowest BCUT2D eigenvalue weighted by atomic mass is 9.94. The summed E-state index contributed by atoms with van der Waals surface area (Å²) in [5.41, 5.74) is 0. The molecule has 0 spiro atoms. The van der Waals surface area contributed by atoms with Crippen molar-refractivity contribution < 1.29 is 4.79 Å². The summed E-state index contributed by atoms with van der Waals surface area (Å²) < 4.78 is 0. The summed E-state index contributed by atoms with van der Waals surface area (Å²) in [7, 11) is 1.84. The second-order valence-corrected chi connectivity index (χ2v) is 6.22. The third-order valence-corrected chi connectivity index (χ3v) is 4.63. The van der Waals surface area contributed by atoms with Gasteiger partial charge in [0, 0.05) is 25.7 Å². The van der Waals surface area contributed by atoms with Crippen molar-refractivity contribution >= 4 is 5.91 Å². The first-order chi connectivity index (χ1) is 9.20. The Hall–Kier alpha value is -0.610. The van der Waals surface area contributed by atoms with Gasteiger partial charge in [-0.2, -0.15) is 0 Å². The summed E-state index contributed by atoms with van der Waals surface area (Å²) in [6, 6.07) is 0.733. The summed E-state index contributed by atoms with van der Waals surface area (Å²) in [5.74, 6) is 0.939. The maximum Gasteiger partial charge on any atom is 0.236 e. The smallest absolute Gasteiger partial charge is 0.236 e. The summed E-state index contributed by atoms with van der Waals surface area (Å²) >= 11 is 0. The second-order valence-electron chi connectivity index (χ2n) is 6.22. The van der Waals surface area contributed by atoms with E-state index in [1.54, 1.807) is 0 Å². The Morgan fingerprint density at radius 2 is 2.05 bits per heavy atom. The van der Waals surface area contributed by atoms with Crippen LogP contribution in [0.4, 0.5) is 0 Å². The predicted octanol–water partition coefficient (Wildman–Crippen LogP) is 1.32. The van der Waals surface area contributed by atoms with Crippen molar-refractivity contribution in [2.45, 2.75) is 45.1 Å². The summed E-state index contributed by atoms with van der Waals surface area (Å²) in [4.78, 5) is 16.6. The molecule has 2 rings (SSSR count). The van der Waals surface area contributed by atoms with Crippen molar-refractivity contribution in [3.8, 4) is 0 Å². The molecule has 2 fully saturated rings. The summed E-state index contributed by atoms with van der Waals surface area (Å²) in [6.45, 7) is 7.18. The molecule has 4 nitrogen and oxygen atoms in total. The van der Waals surface area contributed by atoms with Crippen molar-refractivity contribution in [3.05, 3.63) is 0 Å². The highest BCUT2D eigenvalue weighted by Crippen LogP contribution is 2.22. The van der Waals surface area contributed by atoms with Crippen molar-refractivity contribution in [1.82, 2.24) is 15.1 Å². The lowest BCUT2D eigenvalue weighted by Crippen LogP contribution is -2.48. The second kappa shape index (κ2) is 7.25. The molecule has 2 saturated heterocycles. The van der Waals surface area contributed by atoms with Crippen LogP contribution in [0.1, 0.15) is 39.0 Å². The number of nitrogens with zero attached hydrogens (tertiary/aromatic N) is 2. The molecule has 0 bridgehead atoms. The fraction of sp³-hybridized carbons (Fsp3) is 0.933. The largest absolute Gasteiger partial charge is 0.341 e. The van der Waals surface area contributed by atoms with Crippen LogP contribution in [-0.4, -0.2) is 61.5 Å². The van der Waals surface area contributed by atoms with E-state index in [1.807, 2.05) is 7.05 Å². The van der Waals surface area contributed by atoms with Gasteiger partial charge in [0.2, 0.25) is 5.91 Å². The maximum atomic E-state index is 12.0. The minimum atomic E-state index is 0.263. The van der Waals surface area contributed by atoms with Crippen molar-refractivity contribution in [2.75, 3.05) is 39.8 Å². The Labute approximate surface area is 117 Å². The van der Waals surface area contributed by atoms with E-state index < -0.39 is 0 Å². The van der Waals surface area contributed by atoms with Gasteiger partial charge in [0.25, 0.3) is 0 Å². The molecule has 0 aromatic rings. The van der Waals surface area contributed by atoms with Crippen LogP contribution in [0.2, 0.25) is 0 Å². The highest BCUT2D eigenvalue weighted by Gasteiger charge is 2.27. The van der Waals surface area contributed by atoms with E-state index in [4.69, 9.17) is 0 Å². The molecule has 0 aromatic heterocycles. The fourth-order valence-corrected chi connectivity index (χ4v) is 3.46. The standard InChI is InChI=1S/C15H29N3O/c1-13-6-3-4-8-17(13)11-14-7-5-9-18(12-14)15(19)10-16-2/h13-14,16H,3-12H2,1-2H3/t13-,14-/m1/s1. The molecule has 110 valence electrons. The minimum Gasteiger partial charge on any atom is -0.341 e. The van der Waals surface area contributed by atoms with Crippen LogP contribution in [-0.2, 0) is 4.79 Å². The molecular weight excluding hydrogens is 238 g/mol. The summed E-state index contributed by atoms with van der Waals surface area (Å²) in [5, 5.41) is 2.97. The van der Waals surface area contributed by atoms with Gasteiger partial charge in [-0.3, -0.25) is 4.79 Å². The van der Waals surface area contributed by atoms with E-state index in [2.05, 4.69) is 22.0 Å². The van der Waals surface area contributed by atoms with Crippen LogP contribution < -0.4 is 5.32 Å². The molecule has 0 aromatic carbocycles. The number of amides is 1.